The van der Waals surface area contributed by atoms with E-state index in [0.717, 1.165) is 11.4 Å². The molecule has 1 aromatic heterocycles. The number of nitrogens with one attached hydrogen (secondary N) is 1. The smallest absolute Gasteiger partial charge is 0.325 e. The summed E-state index contributed by atoms with van der Waals surface area (Å²) in [6.45, 7) is 8.44. The number of rotatable bonds is 5. The molecule has 0 aliphatic heterocycles. The van der Waals surface area contributed by atoms with Crippen LogP contribution in [-0.4, -0.2) is 32.7 Å². The third-order valence-electron chi connectivity index (χ3n) is 2.87. The Morgan fingerprint density at radius 2 is 2.25 bits per heavy atom. The quantitative estimate of drug-likeness (QED) is 0.783. The van der Waals surface area contributed by atoms with Gasteiger partial charge in [0, 0.05) is 5.69 Å². The first-order valence-corrected chi connectivity index (χ1v) is 5.37. The fourth-order valence-electron chi connectivity index (χ4n) is 1.63. The molecule has 1 aromatic rings. The van der Waals surface area contributed by atoms with Crippen LogP contribution in [0.4, 0.5) is 0 Å². The molecule has 2 N–H and O–H groups in total. The molecular formula is C11H19N3O2. The van der Waals surface area contributed by atoms with E-state index in [2.05, 4.69) is 10.3 Å². The highest BCUT2D eigenvalue weighted by Crippen LogP contribution is 2.12. The molecule has 1 unspecified atom stereocenters. The number of aromatic nitrogens is 2. The summed E-state index contributed by atoms with van der Waals surface area (Å²) in [4.78, 5) is 15.4. The summed E-state index contributed by atoms with van der Waals surface area (Å²) in [7, 11) is 0. The van der Waals surface area contributed by atoms with E-state index in [1.165, 1.54) is 0 Å². The van der Waals surface area contributed by atoms with Crippen molar-refractivity contribution in [2.75, 3.05) is 6.54 Å². The van der Waals surface area contributed by atoms with Crippen LogP contribution < -0.4 is 5.32 Å². The Morgan fingerprint density at radius 3 is 2.62 bits per heavy atom. The maximum atomic E-state index is 11.2. The summed E-state index contributed by atoms with van der Waals surface area (Å²) in [6, 6.07) is 0. The summed E-state index contributed by atoms with van der Waals surface area (Å²) < 4.78 is 1.87. The number of carbonyl (C=O) groups is 1. The predicted octanol–water partition coefficient (Wildman–Crippen LogP) is 0.953. The molecule has 5 heteroatoms. The summed E-state index contributed by atoms with van der Waals surface area (Å²) in [5.74, 6) is -0.847. The van der Waals surface area contributed by atoms with E-state index in [4.69, 9.17) is 0 Å². The monoisotopic (exact) mass is 225 g/mol. The van der Waals surface area contributed by atoms with E-state index in [1.807, 2.05) is 25.3 Å². The minimum atomic E-state index is -0.952. The maximum Gasteiger partial charge on any atom is 0.325 e. The fraction of sp³-hybridized carbons (Fsp3) is 0.636. The Morgan fingerprint density at radius 1 is 1.62 bits per heavy atom. The topological polar surface area (TPSA) is 67.2 Å². The molecule has 0 bridgehead atoms. The average molecular weight is 225 g/mol. The second-order valence-electron chi connectivity index (χ2n) is 4.21. The van der Waals surface area contributed by atoms with Gasteiger partial charge in [0.15, 0.2) is 0 Å². The number of aryl methyl sites for hydroxylation is 1. The summed E-state index contributed by atoms with van der Waals surface area (Å²) >= 11 is 0. The van der Waals surface area contributed by atoms with Crippen molar-refractivity contribution in [2.45, 2.75) is 39.8 Å². The molecule has 0 radical (unpaired) electrons. The molecule has 1 heterocycles. The van der Waals surface area contributed by atoms with Crippen molar-refractivity contribution >= 4 is 5.97 Å². The van der Waals surface area contributed by atoms with Gasteiger partial charge >= 0.3 is 5.97 Å². The normalized spacial score (nSPS) is 14.8. The number of nitrogens with zero attached hydrogens (tertiary/aromatic N) is 2. The Kier molecular flexibility index (Phi) is 3.70. The Hall–Kier alpha value is -1.36. The molecule has 1 atom stereocenters. The first-order valence-electron chi connectivity index (χ1n) is 5.37. The number of hydrogen-bond acceptors (Lipinski definition) is 3. The highest BCUT2D eigenvalue weighted by atomic mass is 16.4. The molecule has 0 spiro atoms. The lowest BCUT2D eigenvalue weighted by molar-refractivity contribution is -0.144. The minimum Gasteiger partial charge on any atom is -0.480 e. The first-order chi connectivity index (χ1) is 7.40. The van der Waals surface area contributed by atoms with Crippen LogP contribution in [0.25, 0.3) is 0 Å². The van der Waals surface area contributed by atoms with E-state index < -0.39 is 11.5 Å². The van der Waals surface area contributed by atoms with Crippen molar-refractivity contribution in [1.82, 2.24) is 14.9 Å². The van der Waals surface area contributed by atoms with Crippen LogP contribution in [0.3, 0.4) is 0 Å². The second kappa shape index (κ2) is 4.65. The van der Waals surface area contributed by atoms with Crippen molar-refractivity contribution in [3.8, 4) is 0 Å². The van der Waals surface area contributed by atoms with Crippen LogP contribution in [0.1, 0.15) is 25.2 Å². The molecule has 0 fully saturated rings. The molecule has 5 nitrogen and oxygen atoms in total. The van der Waals surface area contributed by atoms with Gasteiger partial charge in [0.1, 0.15) is 5.54 Å². The van der Waals surface area contributed by atoms with Gasteiger partial charge in [-0.25, -0.2) is 4.98 Å². The largest absolute Gasteiger partial charge is 0.480 e. The van der Waals surface area contributed by atoms with Gasteiger partial charge in [-0.15, -0.1) is 0 Å². The summed E-state index contributed by atoms with van der Waals surface area (Å²) in [5, 5.41) is 12.2. The van der Waals surface area contributed by atoms with Gasteiger partial charge in [-0.05, 0) is 27.3 Å². The summed E-state index contributed by atoms with van der Waals surface area (Å²) in [6.07, 6.45) is 1.68. The predicted molar refractivity (Wildman–Crippen MR) is 61.4 cm³/mol. The van der Waals surface area contributed by atoms with Crippen molar-refractivity contribution in [1.29, 1.82) is 0 Å². The van der Waals surface area contributed by atoms with Crippen molar-refractivity contribution in [3.05, 3.63) is 17.7 Å². The van der Waals surface area contributed by atoms with Crippen LogP contribution in [-0.2, 0) is 11.3 Å². The lowest BCUT2D eigenvalue weighted by atomic mass is 10.0. The van der Waals surface area contributed by atoms with E-state index in [1.54, 1.807) is 13.3 Å². The van der Waals surface area contributed by atoms with Gasteiger partial charge in [0.25, 0.3) is 0 Å². The molecule has 1 rings (SSSR count). The van der Waals surface area contributed by atoms with Crippen molar-refractivity contribution in [3.63, 3.8) is 0 Å². The lowest BCUT2D eigenvalue weighted by Gasteiger charge is -2.26. The number of hydrogen-bond donors (Lipinski definition) is 2. The van der Waals surface area contributed by atoms with Gasteiger partial charge in [-0.1, -0.05) is 6.92 Å². The molecule has 0 aliphatic rings. The van der Waals surface area contributed by atoms with E-state index in [0.29, 0.717) is 13.1 Å². The maximum absolute atomic E-state index is 11.2. The Bertz CT molecular complexity index is 387. The third-order valence-corrected chi connectivity index (χ3v) is 2.87. The fourth-order valence-corrected chi connectivity index (χ4v) is 1.63. The van der Waals surface area contributed by atoms with Crippen LogP contribution in [0.15, 0.2) is 6.33 Å². The highest BCUT2D eigenvalue weighted by Gasteiger charge is 2.32. The van der Waals surface area contributed by atoms with Crippen LogP contribution in [0, 0.1) is 13.8 Å². The van der Waals surface area contributed by atoms with Crippen LogP contribution >= 0.6 is 0 Å². The third kappa shape index (κ3) is 2.41. The second-order valence-corrected chi connectivity index (χ2v) is 4.21. The SMILES string of the molecule is CCNC(C)(Cn1cnc(C)c1C)C(=O)O. The van der Waals surface area contributed by atoms with Gasteiger partial charge in [0.05, 0.1) is 18.6 Å². The standard InChI is InChI=1S/C11H19N3O2/c1-5-13-11(4,10(15)16)6-14-7-12-8(2)9(14)3/h7,13H,5-6H2,1-4H3,(H,15,16). The number of carboxylic acids is 1. The van der Waals surface area contributed by atoms with Gasteiger partial charge in [-0.2, -0.15) is 0 Å². The molecular weight excluding hydrogens is 206 g/mol. The number of aliphatic carboxylic acids is 1. The molecule has 0 aromatic carbocycles. The minimum absolute atomic E-state index is 0.378. The number of imidazole rings is 1. The van der Waals surface area contributed by atoms with Crippen molar-refractivity contribution in [2.24, 2.45) is 0 Å². The number of carboxylic acid groups (broad SMARTS) is 1. The first kappa shape index (κ1) is 12.7. The van der Waals surface area contributed by atoms with Gasteiger partial charge in [0.2, 0.25) is 0 Å². The van der Waals surface area contributed by atoms with Crippen LogP contribution in [0.2, 0.25) is 0 Å². The van der Waals surface area contributed by atoms with E-state index in [-0.39, 0.29) is 0 Å². The van der Waals surface area contributed by atoms with Crippen molar-refractivity contribution < 1.29 is 9.90 Å². The van der Waals surface area contributed by atoms with Gasteiger partial charge in [-0.3, -0.25) is 4.79 Å². The molecule has 0 amide bonds. The molecule has 0 aliphatic carbocycles. The molecule has 90 valence electrons. The molecule has 0 saturated carbocycles. The Labute approximate surface area is 95.5 Å². The van der Waals surface area contributed by atoms with E-state index >= 15 is 0 Å². The van der Waals surface area contributed by atoms with Gasteiger partial charge < -0.3 is 15.0 Å². The lowest BCUT2D eigenvalue weighted by Crippen LogP contribution is -2.52. The summed E-state index contributed by atoms with van der Waals surface area (Å²) in [5.41, 5.74) is 0.988. The zero-order valence-corrected chi connectivity index (χ0v) is 10.2. The van der Waals surface area contributed by atoms with Crippen LogP contribution in [0.5, 0.6) is 0 Å². The number of likely N-dealkylation sites (N-methyl/N-ethyl adjacent to an activating group) is 1. The molecule has 16 heavy (non-hydrogen) atoms. The molecule has 0 saturated heterocycles. The Balaban J connectivity index is 2.92. The zero-order valence-electron chi connectivity index (χ0n) is 10.2. The highest BCUT2D eigenvalue weighted by molar-refractivity contribution is 5.78. The average Bonchev–Trinajstić information content (AvgIpc) is 2.50. The van der Waals surface area contributed by atoms with E-state index in [9.17, 15) is 9.90 Å². The zero-order chi connectivity index (χ0) is 12.3.